The van der Waals surface area contributed by atoms with Crippen LogP contribution < -0.4 is 10.1 Å². The molecule has 0 unspecified atom stereocenters. The molecule has 2 N–H and O–H groups in total. The lowest BCUT2D eigenvalue weighted by molar-refractivity contribution is -0.192. The summed E-state index contributed by atoms with van der Waals surface area (Å²) >= 11 is 6.10. The van der Waals surface area contributed by atoms with Gasteiger partial charge in [-0.1, -0.05) is 11.6 Å². The summed E-state index contributed by atoms with van der Waals surface area (Å²) in [6, 6.07) is 9.15. The number of nitrogens with one attached hydrogen (secondary N) is 1. The van der Waals surface area contributed by atoms with Gasteiger partial charge in [0, 0.05) is 11.9 Å². The molecule has 27 heavy (non-hydrogen) atoms. The Morgan fingerprint density at radius 2 is 1.93 bits per heavy atom. The molecule has 1 aromatic carbocycles. The lowest BCUT2D eigenvalue weighted by atomic mass is 10.3. The number of pyridine rings is 1. The average molecular weight is 401 g/mol. The van der Waals surface area contributed by atoms with Crippen LogP contribution in [0.1, 0.15) is 0 Å². The molecule has 0 aliphatic carbocycles. The van der Waals surface area contributed by atoms with Gasteiger partial charge < -0.3 is 15.2 Å². The third-order valence-corrected chi connectivity index (χ3v) is 3.35. The third kappa shape index (κ3) is 5.42. The van der Waals surface area contributed by atoms with Gasteiger partial charge >= 0.3 is 12.1 Å². The van der Waals surface area contributed by atoms with Gasteiger partial charge in [-0.2, -0.15) is 13.2 Å². The summed E-state index contributed by atoms with van der Waals surface area (Å²) in [4.78, 5) is 21.6. The molecule has 7 nitrogen and oxygen atoms in total. The number of hydrogen-bond acceptors (Lipinski definition) is 6. The van der Waals surface area contributed by atoms with Crippen molar-refractivity contribution in [1.82, 2.24) is 15.0 Å². The molecule has 0 aliphatic heterocycles. The van der Waals surface area contributed by atoms with Crippen molar-refractivity contribution in [2.24, 2.45) is 0 Å². The van der Waals surface area contributed by atoms with Crippen molar-refractivity contribution in [1.29, 1.82) is 0 Å². The monoisotopic (exact) mass is 400 g/mol. The van der Waals surface area contributed by atoms with Crippen molar-refractivity contribution in [2.45, 2.75) is 6.18 Å². The van der Waals surface area contributed by atoms with Crippen LogP contribution >= 0.6 is 11.6 Å². The van der Waals surface area contributed by atoms with Crippen molar-refractivity contribution in [3.8, 4) is 5.75 Å². The minimum Gasteiger partial charge on any atom is -0.495 e. The molecule has 3 rings (SSSR count). The number of hydrogen-bond donors (Lipinski definition) is 2. The van der Waals surface area contributed by atoms with Gasteiger partial charge in [0.05, 0.1) is 17.6 Å². The standard InChI is InChI=1S/C14H11ClN4O.C2HF3O2/c1-20-12-5-4-9(7-10(12)15)19-14-13-11(17-8-18-14)3-2-6-16-13;3-2(4,5)1(6)7/h2-8H,1H3,(H,17,18,19);(H,6,7). The molecular weight excluding hydrogens is 389 g/mol. The number of rotatable bonds is 3. The molecule has 3 aromatic rings. The molecule has 0 radical (unpaired) electrons. The number of benzene rings is 1. The number of nitrogens with zero attached hydrogens (tertiary/aromatic N) is 3. The zero-order valence-corrected chi connectivity index (χ0v) is 14.4. The van der Waals surface area contributed by atoms with Crippen LogP contribution in [0.2, 0.25) is 5.02 Å². The maximum Gasteiger partial charge on any atom is 0.490 e. The Bertz CT molecular complexity index is 948. The fourth-order valence-electron chi connectivity index (χ4n) is 1.87. The van der Waals surface area contributed by atoms with Gasteiger partial charge in [0.1, 0.15) is 17.6 Å². The molecule has 2 heterocycles. The highest BCUT2D eigenvalue weighted by Crippen LogP contribution is 2.29. The van der Waals surface area contributed by atoms with E-state index < -0.39 is 12.1 Å². The maximum absolute atomic E-state index is 10.6. The summed E-state index contributed by atoms with van der Waals surface area (Å²) in [6.45, 7) is 0. The number of carbonyl (C=O) groups is 1. The zero-order chi connectivity index (χ0) is 20.0. The zero-order valence-electron chi connectivity index (χ0n) is 13.7. The molecule has 0 spiro atoms. The largest absolute Gasteiger partial charge is 0.495 e. The minimum atomic E-state index is -5.08. The summed E-state index contributed by atoms with van der Waals surface area (Å²) < 4.78 is 36.9. The van der Waals surface area contributed by atoms with E-state index in [2.05, 4.69) is 20.3 Å². The van der Waals surface area contributed by atoms with Crippen LogP contribution in [0.3, 0.4) is 0 Å². The van der Waals surface area contributed by atoms with Gasteiger partial charge in [0.25, 0.3) is 0 Å². The molecule has 0 saturated heterocycles. The number of anilines is 2. The first kappa shape index (κ1) is 20.2. The Morgan fingerprint density at radius 3 is 2.52 bits per heavy atom. The van der Waals surface area contributed by atoms with E-state index in [1.54, 1.807) is 25.4 Å². The summed E-state index contributed by atoms with van der Waals surface area (Å²) in [7, 11) is 1.58. The lowest BCUT2D eigenvalue weighted by Gasteiger charge is -2.09. The normalized spacial score (nSPS) is 10.7. The second-order valence-corrected chi connectivity index (χ2v) is 5.28. The molecule has 2 aromatic heterocycles. The number of carboxylic acids is 1. The number of alkyl halides is 3. The molecule has 0 bridgehead atoms. The van der Waals surface area contributed by atoms with Crippen molar-refractivity contribution < 1.29 is 27.8 Å². The summed E-state index contributed by atoms with van der Waals surface area (Å²) in [6.07, 6.45) is -1.88. The quantitative estimate of drug-likeness (QED) is 0.684. The Kier molecular flexibility index (Phi) is 6.35. The third-order valence-electron chi connectivity index (χ3n) is 3.05. The van der Waals surface area contributed by atoms with Crippen molar-refractivity contribution in [2.75, 3.05) is 12.4 Å². The van der Waals surface area contributed by atoms with Crippen LogP contribution in [0.15, 0.2) is 42.9 Å². The molecule has 142 valence electrons. The fourth-order valence-corrected chi connectivity index (χ4v) is 2.12. The highest BCUT2D eigenvalue weighted by Gasteiger charge is 2.38. The van der Waals surface area contributed by atoms with E-state index in [1.165, 1.54) is 6.33 Å². The Hall–Kier alpha value is -3.14. The Balaban J connectivity index is 0.000000321. The molecule has 0 fully saturated rings. The number of aliphatic carboxylic acids is 1. The number of methoxy groups -OCH3 is 1. The highest BCUT2D eigenvalue weighted by atomic mass is 35.5. The van der Waals surface area contributed by atoms with Crippen LogP contribution in [0.25, 0.3) is 11.0 Å². The molecule has 0 aliphatic rings. The Labute approximate surface area is 155 Å². The van der Waals surface area contributed by atoms with Crippen LogP contribution in [0, 0.1) is 0 Å². The topological polar surface area (TPSA) is 97.2 Å². The van der Waals surface area contributed by atoms with Gasteiger partial charge in [0.2, 0.25) is 0 Å². The Morgan fingerprint density at radius 1 is 1.22 bits per heavy atom. The summed E-state index contributed by atoms with van der Waals surface area (Å²) in [5, 5.41) is 10.8. The van der Waals surface area contributed by atoms with E-state index in [4.69, 9.17) is 26.2 Å². The number of ether oxygens (including phenoxy) is 1. The first-order valence-corrected chi connectivity index (χ1v) is 7.56. The van der Waals surface area contributed by atoms with E-state index in [0.717, 1.165) is 11.2 Å². The molecule has 0 atom stereocenters. The molecule has 11 heteroatoms. The first-order valence-electron chi connectivity index (χ1n) is 7.18. The fraction of sp³-hybridized carbons (Fsp3) is 0.125. The predicted molar refractivity (Wildman–Crippen MR) is 92.3 cm³/mol. The first-order chi connectivity index (χ1) is 12.7. The summed E-state index contributed by atoms with van der Waals surface area (Å²) in [5.74, 6) is -1.49. The SMILES string of the molecule is COc1ccc(Nc2ncnc3cccnc23)cc1Cl.O=C(O)C(F)(F)F. The maximum atomic E-state index is 10.6. The van der Waals surface area contributed by atoms with Gasteiger partial charge in [-0.3, -0.25) is 4.98 Å². The number of halogens is 4. The van der Waals surface area contributed by atoms with Crippen molar-refractivity contribution in [3.63, 3.8) is 0 Å². The van der Waals surface area contributed by atoms with Gasteiger partial charge in [0.15, 0.2) is 5.82 Å². The number of fused-ring (bicyclic) bond motifs is 1. The smallest absolute Gasteiger partial charge is 0.490 e. The van der Waals surface area contributed by atoms with Crippen LogP contribution in [0.5, 0.6) is 5.75 Å². The van der Waals surface area contributed by atoms with Gasteiger partial charge in [-0.05, 0) is 30.3 Å². The molecular formula is C16H12ClF3N4O3. The highest BCUT2D eigenvalue weighted by molar-refractivity contribution is 6.32. The van der Waals surface area contributed by atoms with E-state index in [1.807, 2.05) is 18.2 Å². The average Bonchev–Trinajstić information content (AvgIpc) is 2.62. The van der Waals surface area contributed by atoms with Gasteiger partial charge in [-0.15, -0.1) is 0 Å². The van der Waals surface area contributed by atoms with Crippen LogP contribution in [-0.4, -0.2) is 39.3 Å². The van der Waals surface area contributed by atoms with Crippen molar-refractivity contribution >= 4 is 40.1 Å². The van der Waals surface area contributed by atoms with E-state index in [9.17, 15) is 13.2 Å². The number of carboxylic acid groups (broad SMARTS) is 1. The van der Waals surface area contributed by atoms with Crippen LogP contribution in [0.4, 0.5) is 24.7 Å². The van der Waals surface area contributed by atoms with E-state index >= 15 is 0 Å². The predicted octanol–water partition coefficient (Wildman–Crippen LogP) is 4.06. The second kappa shape index (κ2) is 8.49. The molecule has 0 saturated carbocycles. The lowest BCUT2D eigenvalue weighted by Crippen LogP contribution is -2.21. The van der Waals surface area contributed by atoms with E-state index in [0.29, 0.717) is 22.1 Å². The van der Waals surface area contributed by atoms with Gasteiger partial charge in [-0.25, -0.2) is 14.8 Å². The van der Waals surface area contributed by atoms with Crippen molar-refractivity contribution in [3.05, 3.63) is 47.9 Å². The van der Waals surface area contributed by atoms with Crippen LogP contribution in [-0.2, 0) is 4.79 Å². The number of aromatic nitrogens is 3. The minimum absolute atomic E-state index is 0.531. The second-order valence-electron chi connectivity index (χ2n) is 4.87. The van der Waals surface area contributed by atoms with E-state index in [-0.39, 0.29) is 0 Å². The molecule has 0 amide bonds. The summed E-state index contributed by atoms with van der Waals surface area (Å²) in [5.41, 5.74) is 2.30.